The predicted octanol–water partition coefficient (Wildman–Crippen LogP) is 3.57. The van der Waals surface area contributed by atoms with Gasteiger partial charge in [0.2, 0.25) is 0 Å². The van der Waals surface area contributed by atoms with Gasteiger partial charge in [0.1, 0.15) is 0 Å². The molecule has 0 spiro atoms. The predicted molar refractivity (Wildman–Crippen MR) is 108 cm³/mol. The van der Waals surface area contributed by atoms with E-state index in [9.17, 15) is 13.2 Å². The standard InChI is InChI=1S/C21H31F3N4O/c1-4-28(5-2)18(14-6-8-15(9-7-14)21(22,23)24)13-26-20(25-3)27-17-12-16-10-11-19(17)29-16/h6-9,16-19H,4-5,10-13H2,1-3H3,(H2,25,26,27). The third kappa shape index (κ3) is 5.22. The Hall–Kier alpha value is -1.80. The molecule has 0 amide bonds. The van der Waals surface area contributed by atoms with Gasteiger partial charge in [0.25, 0.3) is 0 Å². The largest absolute Gasteiger partial charge is 0.416 e. The molecular formula is C21H31F3N4O. The van der Waals surface area contributed by atoms with Crippen molar-refractivity contribution in [2.75, 3.05) is 26.7 Å². The molecule has 2 bridgehead atoms. The van der Waals surface area contributed by atoms with Gasteiger partial charge in [-0.3, -0.25) is 9.89 Å². The SMILES string of the molecule is CCN(CC)C(CNC(=NC)NC1CC2CCC1O2)c1ccc(C(F)(F)F)cc1. The fraction of sp³-hybridized carbons (Fsp3) is 0.667. The molecule has 0 aromatic heterocycles. The molecule has 2 saturated heterocycles. The van der Waals surface area contributed by atoms with E-state index in [1.807, 2.05) is 0 Å². The van der Waals surface area contributed by atoms with E-state index in [4.69, 9.17) is 4.74 Å². The van der Waals surface area contributed by atoms with E-state index in [0.717, 1.165) is 50.0 Å². The summed E-state index contributed by atoms with van der Waals surface area (Å²) in [5.74, 6) is 0.704. The molecule has 2 N–H and O–H groups in total. The highest BCUT2D eigenvalue weighted by Crippen LogP contribution is 2.34. The molecule has 5 nitrogen and oxygen atoms in total. The second kappa shape index (κ2) is 9.34. The highest BCUT2D eigenvalue weighted by Gasteiger charge is 2.41. The number of ether oxygens (including phenoxy) is 1. The minimum atomic E-state index is -4.32. The van der Waals surface area contributed by atoms with Crippen molar-refractivity contribution in [2.24, 2.45) is 4.99 Å². The van der Waals surface area contributed by atoms with Gasteiger partial charge in [-0.1, -0.05) is 26.0 Å². The van der Waals surface area contributed by atoms with Gasteiger partial charge >= 0.3 is 6.18 Å². The molecule has 0 radical (unpaired) electrons. The molecule has 2 aliphatic rings. The highest BCUT2D eigenvalue weighted by atomic mass is 19.4. The summed E-state index contributed by atoms with van der Waals surface area (Å²) >= 11 is 0. The van der Waals surface area contributed by atoms with Crippen LogP contribution in [-0.2, 0) is 10.9 Å². The van der Waals surface area contributed by atoms with Gasteiger partial charge in [-0.25, -0.2) is 0 Å². The third-order valence-corrected chi connectivity index (χ3v) is 5.99. The number of halogens is 3. The van der Waals surface area contributed by atoms with Crippen molar-refractivity contribution < 1.29 is 17.9 Å². The van der Waals surface area contributed by atoms with Gasteiger partial charge in [0.15, 0.2) is 5.96 Å². The summed E-state index contributed by atoms with van der Waals surface area (Å²) in [6, 6.07) is 5.68. The van der Waals surface area contributed by atoms with E-state index in [0.29, 0.717) is 18.6 Å². The Morgan fingerprint density at radius 1 is 1.21 bits per heavy atom. The lowest BCUT2D eigenvalue weighted by Crippen LogP contribution is -2.49. The molecule has 2 aliphatic heterocycles. The summed E-state index contributed by atoms with van der Waals surface area (Å²) in [6.45, 7) is 6.27. The first-order valence-electron chi connectivity index (χ1n) is 10.4. The van der Waals surface area contributed by atoms with E-state index >= 15 is 0 Å². The number of benzene rings is 1. The van der Waals surface area contributed by atoms with Gasteiger partial charge in [0, 0.05) is 13.6 Å². The Bertz CT molecular complexity index is 688. The number of aliphatic imine (C=N–C) groups is 1. The molecule has 162 valence electrons. The van der Waals surface area contributed by atoms with E-state index in [1.54, 1.807) is 19.2 Å². The van der Waals surface area contributed by atoms with Crippen LogP contribution in [0.15, 0.2) is 29.3 Å². The number of guanidine groups is 1. The van der Waals surface area contributed by atoms with E-state index in [2.05, 4.69) is 34.4 Å². The van der Waals surface area contributed by atoms with Gasteiger partial charge in [-0.15, -0.1) is 0 Å². The summed E-state index contributed by atoms with van der Waals surface area (Å²) in [4.78, 5) is 6.56. The van der Waals surface area contributed by atoms with Crippen LogP contribution in [0.4, 0.5) is 13.2 Å². The molecule has 4 atom stereocenters. The van der Waals surface area contributed by atoms with Crippen LogP contribution < -0.4 is 10.6 Å². The highest BCUT2D eigenvalue weighted by molar-refractivity contribution is 5.80. The average Bonchev–Trinajstić information content (AvgIpc) is 3.32. The molecule has 2 fully saturated rings. The number of nitrogens with one attached hydrogen (secondary N) is 2. The summed E-state index contributed by atoms with van der Waals surface area (Å²) in [7, 11) is 1.73. The van der Waals surface area contributed by atoms with Crippen molar-refractivity contribution in [1.82, 2.24) is 15.5 Å². The number of hydrogen-bond donors (Lipinski definition) is 2. The molecule has 1 aromatic rings. The minimum absolute atomic E-state index is 0.0536. The van der Waals surface area contributed by atoms with Crippen molar-refractivity contribution in [2.45, 2.75) is 63.6 Å². The van der Waals surface area contributed by atoms with Gasteiger partial charge in [-0.05, 0) is 50.0 Å². The maximum atomic E-state index is 12.9. The Morgan fingerprint density at radius 2 is 1.90 bits per heavy atom. The normalized spacial score (nSPS) is 25.5. The summed E-state index contributed by atoms with van der Waals surface area (Å²) in [5, 5.41) is 6.82. The molecule has 3 rings (SSSR count). The molecular weight excluding hydrogens is 381 g/mol. The Labute approximate surface area is 170 Å². The van der Waals surface area contributed by atoms with Crippen molar-refractivity contribution >= 4 is 5.96 Å². The van der Waals surface area contributed by atoms with E-state index in [-0.39, 0.29) is 18.2 Å². The Kier molecular flexibility index (Phi) is 7.05. The number of rotatable bonds is 7. The number of nitrogens with zero attached hydrogens (tertiary/aromatic N) is 2. The van der Waals surface area contributed by atoms with Crippen LogP contribution in [0.25, 0.3) is 0 Å². The van der Waals surface area contributed by atoms with Crippen molar-refractivity contribution in [3.63, 3.8) is 0 Å². The number of hydrogen-bond acceptors (Lipinski definition) is 3. The lowest BCUT2D eigenvalue weighted by molar-refractivity contribution is -0.137. The maximum absolute atomic E-state index is 12.9. The van der Waals surface area contributed by atoms with Crippen molar-refractivity contribution in [1.29, 1.82) is 0 Å². The van der Waals surface area contributed by atoms with Crippen LogP contribution in [0.1, 0.15) is 50.3 Å². The minimum Gasteiger partial charge on any atom is -0.373 e. The van der Waals surface area contributed by atoms with Crippen molar-refractivity contribution in [3.05, 3.63) is 35.4 Å². The zero-order chi connectivity index (χ0) is 21.0. The van der Waals surface area contributed by atoms with Gasteiger partial charge in [-0.2, -0.15) is 13.2 Å². The van der Waals surface area contributed by atoms with Gasteiger partial charge in [0.05, 0.1) is 29.9 Å². The van der Waals surface area contributed by atoms with Crippen molar-refractivity contribution in [3.8, 4) is 0 Å². The second-order valence-electron chi connectivity index (χ2n) is 7.67. The molecule has 2 heterocycles. The lowest BCUT2D eigenvalue weighted by atomic mass is 9.96. The zero-order valence-corrected chi connectivity index (χ0v) is 17.3. The summed E-state index contributed by atoms with van der Waals surface area (Å²) < 4.78 is 44.6. The molecule has 0 aliphatic carbocycles. The summed E-state index contributed by atoms with van der Waals surface area (Å²) in [5.41, 5.74) is 0.231. The number of likely N-dealkylation sites (N-methyl/N-ethyl adjacent to an activating group) is 1. The molecule has 0 saturated carbocycles. The number of fused-ring (bicyclic) bond motifs is 2. The average molecular weight is 413 g/mol. The van der Waals surface area contributed by atoms with Crippen LogP contribution in [0.3, 0.4) is 0 Å². The third-order valence-electron chi connectivity index (χ3n) is 5.99. The molecule has 4 unspecified atom stereocenters. The molecule has 1 aromatic carbocycles. The molecule has 8 heteroatoms. The maximum Gasteiger partial charge on any atom is 0.416 e. The van der Waals surface area contributed by atoms with Crippen LogP contribution >= 0.6 is 0 Å². The smallest absolute Gasteiger partial charge is 0.373 e. The monoisotopic (exact) mass is 412 g/mol. The Balaban J connectivity index is 1.67. The molecule has 29 heavy (non-hydrogen) atoms. The van der Waals surface area contributed by atoms with Crippen LogP contribution in [0.2, 0.25) is 0 Å². The lowest BCUT2D eigenvalue weighted by Gasteiger charge is -2.31. The van der Waals surface area contributed by atoms with E-state index in [1.165, 1.54) is 0 Å². The fourth-order valence-electron chi connectivity index (χ4n) is 4.37. The van der Waals surface area contributed by atoms with Crippen LogP contribution in [-0.4, -0.2) is 55.8 Å². The van der Waals surface area contributed by atoms with Gasteiger partial charge < -0.3 is 15.4 Å². The summed E-state index contributed by atoms with van der Waals surface area (Å²) in [6.07, 6.45) is -0.530. The first-order valence-corrected chi connectivity index (χ1v) is 10.4. The van der Waals surface area contributed by atoms with Crippen LogP contribution in [0.5, 0.6) is 0 Å². The van der Waals surface area contributed by atoms with Crippen LogP contribution in [0, 0.1) is 0 Å². The first kappa shape index (κ1) is 21.9. The van der Waals surface area contributed by atoms with E-state index < -0.39 is 11.7 Å². The zero-order valence-electron chi connectivity index (χ0n) is 17.3. The second-order valence-corrected chi connectivity index (χ2v) is 7.67. The topological polar surface area (TPSA) is 48.9 Å². The number of alkyl halides is 3. The quantitative estimate of drug-likeness (QED) is 0.531. The fourth-order valence-corrected chi connectivity index (χ4v) is 4.37. The Morgan fingerprint density at radius 3 is 2.38 bits per heavy atom. The first-order chi connectivity index (χ1) is 13.9.